The molecular weight excluding hydrogens is 224 g/mol. The van der Waals surface area contributed by atoms with Crippen LogP contribution in [0, 0.1) is 0 Å². The lowest BCUT2D eigenvalue weighted by Crippen LogP contribution is -2.31. The molecule has 0 radical (unpaired) electrons. The van der Waals surface area contributed by atoms with E-state index in [9.17, 15) is 0 Å². The quantitative estimate of drug-likeness (QED) is 0.488. The second-order valence-corrected chi connectivity index (χ2v) is 5.22. The van der Waals surface area contributed by atoms with E-state index in [1.807, 2.05) is 6.07 Å². The Kier molecular flexibility index (Phi) is 4.96. The molecule has 0 aromatic carbocycles. The van der Waals surface area contributed by atoms with E-state index in [1.165, 1.54) is 44.1 Å². The van der Waals surface area contributed by atoms with Gasteiger partial charge in [0.05, 0.1) is 0 Å². The van der Waals surface area contributed by atoms with E-state index in [0.29, 0.717) is 6.04 Å². The van der Waals surface area contributed by atoms with E-state index >= 15 is 0 Å². The van der Waals surface area contributed by atoms with Crippen molar-refractivity contribution in [3.8, 4) is 0 Å². The number of nitrogen functional groups attached to an aromatic ring is 1. The van der Waals surface area contributed by atoms with E-state index in [2.05, 4.69) is 28.4 Å². The van der Waals surface area contributed by atoms with Gasteiger partial charge in [-0.15, -0.1) is 0 Å². The third kappa shape index (κ3) is 3.43. The Morgan fingerprint density at radius 2 is 2.06 bits per heavy atom. The van der Waals surface area contributed by atoms with Crippen LogP contribution in [0.15, 0.2) is 18.3 Å². The largest absolute Gasteiger partial charge is 0.308 e. The maximum Gasteiger partial charge on any atom is 0.144 e. The predicted octanol–water partition coefficient (Wildman–Crippen LogP) is 2.52. The van der Waals surface area contributed by atoms with Crippen LogP contribution < -0.4 is 11.3 Å². The fourth-order valence-electron chi connectivity index (χ4n) is 2.79. The number of hydrogen-bond donors (Lipinski definition) is 2. The molecule has 0 bridgehead atoms. The monoisotopic (exact) mass is 248 g/mol. The van der Waals surface area contributed by atoms with Gasteiger partial charge in [0.25, 0.3) is 0 Å². The number of pyridine rings is 1. The molecule has 0 aliphatic heterocycles. The number of nitrogens with two attached hydrogens (primary N) is 1. The number of aromatic nitrogens is 1. The topological polar surface area (TPSA) is 54.2 Å². The van der Waals surface area contributed by atoms with Crippen LogP contribution in [0.2, 0.25) is 0 Å². The second-order valence-electron chi connectivity index (χ2n) is 5.22. The van der Waals surface area contributed by atoms with Crippen molar-refractivity contribution < 1.29 is 0 Å². The molecule has 0 unspecified atom stereocenters. The van der Waals surface area contributed by atoms with Gasteiger partial charge in [-0.3, -0.25) is 4.90 Å². The number of rotatable bonds is 4. The molecule has 0 saturated heterocycles. The number of nitrogens with zero attached hydrogens (tertiary/aromatic N) is 2. The van der Waals surface area contributed by atoms with Crippen LogP contribution in [-0.4, -0.2) is 23.0 Å². The summed E-state index contributed by atoms with van der Waals surface area (Å²) in [5.41, 5.74) is 3.85. The summed E-state index contributed by atoms with van der Waals surface area (Å²) >= 11 is 0. The van der Waals surface area contributed by atoms with Gasteiger partial charge in [0.15, 0.2) is 0 Å². The minimum atomic E-state index is 0.707. The minimum Gasteiger partial charge on any atom is -0.308 e. The van der Waals surface area contributed by atoms with Crippen LogP contribution in [0.5, 0.6) is 0 Å². The van der Waals surface area contributed by atoms with Crippen LogP contribution in [0.25, 0.3) is 0 Å². The zero-order chi connectivity index (χ0) is 12.8. The maximum atomic E-state index is 5.50. The number of anilines is 1. The van der Waals surface area contributed by atoms with E-state index in [0.717, 1.165) is 12.4 Å². The van der Waals surface area contributed by atoms with Crippen molar-refractivity contribution in [1.29, 1.82) is 0 Å². The van der Waals surface area contributed by atoms with Crippen molar-refractivity contribution in [2.75, 3.05) is 12.5 Å². The second kappa shape index (κ2) is 6.71. The molecule has 1 fully saturated rings. The lowest BCUT2D eigenvalue weighted by Gasteiger charge is -2.27. The Morgan fingerprint density at radius 3 is 2.72 bits per heavy atom. The Labute approximate surface area is 110 Å². The zero-order valence-electron chi connectivity index (χ0n) is 11.2. The van der Waals surface area contributed by atoms with E-state index in [1.54, 1.807) is 6.20 Å². The van der Waals surface area contributed by atoms with Gasteiger partial charge in [-0.1, -0.05) is 31.7 Å². The lowest BCUT2D eigenvalue weighted by atomic mass is 10.1. The van der Waals surface area contributed by atoms with Gasteiger partial charge >= 0.3 is 0 Å². The molecule has 2 rings (SSSR count). The summed E-state index contributed by atoms with van der Waals surface area (Å²) in [6, 6.07) is 4.77. The van der Waals surface area contributed by atoms with Gasteiger partial charge in [0.2, 0.25) is 0 Å². The highest BCUT2D eigenvalue weighted by atomic mass is 15.3. The highest BCUT2D eigenvalue weighted by molar-refractivity contribution is 5.42. The normalized spacial score (nSPS) is 17.7. The van der Waals surface area contributed by atoms with Gasteiger partial charge in [-0.25, -0.2) is 10.8 Å². The lowest BCUT2D eigenvalue weighted by molar-refractivity contribution is 0.213. The van der Waals surface area contributed by atoms with Crippen molar-refractivity contribution in [2.24, 2.45) is 5.84 Å². The third-order valence-electron chi connectivity index (χ3n) is 3.90. The molecule has 3 N–H and O–H groups in total. The summed E-state index contributed by atoms with van der Waals surface area (Å²) in [6.07, 6.45) is 9.93. The highest BCUT2D eigenvalue weighted by Gasteiger charge is 2.17. The van der Waals surface area contributed by atoms with E-state index in [4.69, 9.17) is 5.84 Å². The molecule has 0 atom stereocenters. The molecule has 18 heavy (non-hydrogen) atoms. The number of hydrogen-bond acceptors (Lipinski definition) is 4. The first-order valence-electron chi connectivity index (χ1n) is 6.92. The molecule has 1 aliphatic carbocycles. The van der Waals surface area contributed by atoms with Crippen molar-refractivity contribution in [3.63, 3.8) is 0 Å². The van der Waals surface area contributed by atoms with E-state index in [-0.39, 0.29) is 0 Å². The van der Waals surface area contributed by atoms with Crippen molar-refractivity contribution in [3.05, 3.63) is 23.9 Å². The van der Waals surface area contributed by atoms with Gasteiger partial charge in [-0.2, -0.15) is 0 Å². The molecule has 0 amide bonds. The maximum absolute atomic E-state index is 5.50. The summed E-state index contributed by atoms with van der Waals surface area (Å²) in [5.74, 6) is 6.29. The van der Waals surface area contributed by atoms with Crippen LogP contribution >= 0.6 is 0 Å². The first-order chi connectivity index (χ1) is 8.81. The number of nitrogens with one attached hydrogen (secondary N) is 1. The van der Waals surface area contributed by atoms with Gasteiger partial charge < -0.3 is 5.43 Å². The summed E-state index contributed by atoms with van der Waals surface area (Å²) in [4.78, 5) is 6.70. The predicted molar refractivity (Wildman–Crippen MR) is 75.0 cm³/mol. The van der Waals surface area contributed by atoms with Crippen LogP contribution in [0.1, 0.15) is 44.1 Å². The molecule has 4 heteroatoms. The van der Waals surface area contributed by atoms with Crippen LogP contribution in [0.3, 0.4) is 0 Å². The Balaban J connectivity index is 1.98. The molecule has 1 aliphatic rings. The van der Waals surface area contributed by atoms with E-state index < -0.39 is 0 Å². The molecular formula is C14H24N4. The fraction of sp³-hybridized carbons (Fsp3) is 0.643. The zero-order valence-corrected chi connectivity index (χ0v) is 11.2. The first kappa shape index (κ1) is 13.3. The summed E-state index contributed by atoms with van der Waals surface area (Å²) in [7, 11) is 2.21. The molecule has 1 heterocycles. The van der Waals surface area contributed by atoms with Gasteiger partial charge in [-0.05, 0) is 26.0 Å². The van der Waals surface area contributed by atoms with Gasteiger partial charge in [0.1, 0.15) is 5.82 Å². The number of hydrazine groups is 1. The fourth-order valence-corrected chi connectivity index (χ4v) is 2.79. The van der Waals surface area contributed by atoms with Crippen molar-refractivity contribution in [1.82, 2.24) is 9.88 Å². The molecule has 1 aromatic rings. The van der Waals surface area contributed by atoms with Crippen LogP contribution in [-0.2, 0) is 6.54 Å². The molecule has 0 spiro atoms. The Hall–Kier alpha value is -1.13. The first-order valence-corrected chi connectivity index (χ1v) is 6.92. The van der Waals surface area contributed by atoms with Crippen molar-refractivity contribution in [2.45, 2.75) is 51.1 Å². The summed E-state index contributed by atoms with van der Waals surface area (Å²) in [6.45, 7) is 0.915. The molecule has 100 valence electrons. The average molecular weight is 248 g/mol. The molecule has 1 aromatic heterocycles. The molecule has 1 saturated carbocycles. The minimum absolute atomic E-state index is 0.707. The smallest absolute Gasteiger partial charge is 0.144 e. The highest BCUT2D eigenvalue weighted by Crippen LogP contribution is 2.23. The van der Waals surface area contributed by atoms with Gasteiger partial charge in [0, 0.05) is 24.3 Å². The Bertz CT molecular complexity index is 359. The standard InChI is InChI=1S/C14H24N4/c1-18(13-8-4-2-3-5-9-13)11-12-7-6-10-16-14(12)17-15/h6-7,10,13H,2-5,8-9,11,15H2,1H3,(H,16,17). The SMILES string of the molecule is CN(Cc1cccnc1NN)C1CCCCCC1. The summed E-state index contributed by atoms with van der Waals surface area (Å²) < 4.78 is 0. The van der Waals surface area contributed by atoms with Crippen LogP contribution in [0.4, 0.5) is 5.82 Å². The molecule has 4 nitrogen and oxygen atoms in total. The average Bonchev–Trinajstić information content (AvgIpc) is 2.68. The summed E-state index contributed by atoms with van der Waals surface area (Å²) in [5, 5.41) is 0. The Morgan fingerprint density at radius 1 is 1.33 bits per heavy atom. The third-order valence-corrected chi connectivity index (χ3v) is 3.90. The van der Waals surface area contributed by atoms with Crippen molar-refractivity contribution >= 4 is 5.82 Å².